The Morgan fingerprint density at radius 2 is 1.32 bits per heavy atom. The largest absolute Gasteiger partial charge is 0.378 e. The average Bonchev–Trinajstić information content (AvgIpc) is 2.69. The number of hydrogen-bond acceptors (Lipinski definition) is 5. The summed E-state index contributed by atoms with van der Waals surface area (Å²) in [6, 6.07) is 0. The number of aliphatic hydroxyl groups excluding tert-OH is 1. The molecule has 0 spiro atoms. The van der Waals surface area contributed by atoms with Crippen LogP contribution < -0.4 is 0 Å². The first-order valence-corrected chi connectivity index (χ1v) is 8.45. The average molecular weight is 318 g/mol. The SMILES string of the molecule is CC(C)COC[C@H]1OC(O)[C@H](OCC(C)C)[C@@H]1OCC(C)C. The Kier molecular flexibility index (Phi) is 8.87. The van der Waals surface area contributed by atoms with Crippen LogP contribution in [0, 0.1) is 17.8 Å². The smallest absolute Gasteiger partial charge is 0.184 e. The van der Waals surface area contributed by atoms with Gasteiger partial charge in [0.25, 0.3) is 0 Å². The summed E-state index contributed by atoms with van der Waals surface area (Å²) in [7, 11) is 0. The Balaban J connectivity index is 2.60. The van der Waals surface area contributed by atoms with Gasteiger partial charge in [0.05, 0.1) is 6.61 Å². The summed E-state index contributed by atoms with van der Waals surface area (Å²) in [6.07, 6.45) is -1.98. The number of hydrogen-bond donors (Lipinski definition) is 1. The molecule has 5 heteroatoms. The second-order valence-electron chi connectivity index (χ2n) is 7.38. The fraction of sp³-hybridized carbons (Fsp3) is 1.00. The zero-order valence-corrected chi connectivity index (χ0v) is 15.0. The lowest BCUT2D eigenvalue weighted by atomic mass is 10.1. The highest BCUT2D eigenvalue weighted by molar-refractivity contribution is 4.89. The van der Waals surface area contributed by atoms with Crippen LogP contribution in [0.25, 0.3) is 0 Å². The van der Waals surface area contributed by atoms with Crippen LogP contribution in [-0.4, -0.2) is 56.1 Å². The first-order valence-electron chi connectivity index (χ1n) is 8.45. The molecule has 0 aromatic rings. The van der Waals surface area contributed by atoms with Gasteiger partial charge in [-0.1, -0.05) is 41.5 Å². The van der Waals surface area contributed by atoms with Gasteiger partial charge in [-0.2, -0.15) is 0 Å². The molecule has 132 valence electrons. The van der Waals surface area contributed by atoms with E-state index in [2.05, 4.69) is 41.5 Å². The molecular weight excluding hydrogens is 284 g/mol. The zero-order valence-electron chi connectivity index (χ0n) is 15.0. The van der Waals surface area contributed by atoms with E-state index in [4.69, 9.17) is 18.9 Å². The molecule has 1 unspecified atom stereocenters. The third-order valence-electron chi connectivity index (χ3n) is 3.26. The molecule has 0 saturated carbocycles. The first-order chi connectivity index (χ1) is 10.3. The van der Waals surface area contributed by atoms with Crippen LogP contribution in [0.2, 0.25) is 0 Å². The summed E-state index contributed by atoms with van der Waals surface area (Å²) >= 11 is 0. The van der Waals surface area contributed by atoms with Gasteiger partial charge in [0.2, 0.25) is 0 Å². The van der Waals surface area contributed by atoms with E-state index in [1.165, 1.54) is 0 Å². The highest BCUT2D eigenvalue weighted by Gasteiger charge is 2.45. The Bertz CT molecular complexity index is 293. The lowest BCUT2D eigenvalue weighted by molar-refractivity contribution is -0.152. The van der Waals surface area contributed by atoms with Crippen molar-refractivity contribution < 1.29 is 24.1 Å². The van der Waals surface area contributed by atoms with Gasteiger partial charge in [0, 0.05) is 19.8 Å². The molecule has 1 aliphatic heterocycles. The molecule has 0 amide bonds. The molecule has 0 bridgehead atoms. The zero-order chi connectivity index (χ0) is 16.7. The molecule has 0 aromatic heterocycles. The Labute approximate surface area is 135 Å². The van der Waals surface area contributed by atoms with Gasteiger partial charge in [-0.15, -0.1) is 0 Å². The van der Waals surface area contributed by atoms with Crippen molar-refractivity contribution in [3.8, 4) is 0 Å². The van der Waals surface area contributed by atoms with Crippen LogP contribution in [0.15, 0.2) is 0 Å². The topological polar surface area (TPSA) is 57.2 Å². The van der Waals surface area contributed by atoms with E-state index in [1.807, 2.05) is 0 Å². The molecule has 0 aliphatic carbocycles. The molecule has 0 aromatic carbocycles. The highest BCUT2D eigenvalue weighted by atomic mass is 16.7. The fourth-order valence-corrected chi connectivity index (χ4v) is 2.25. The van der Waals surface area contributed by atoms with Crippen molar-refractivity contribution in [2.24, 2.45) is 17.8 Å². The van der Waals surface area contributed by atoms with E-state index in [0.29, 0.717) is 44.2 Å². The van der Waals surface area contributed by atoms with Gasteiger partial charge in [-0.3, -0.25) is 0 Å². The van der Waals surface area contributed by atoms with E-state index < -0.39 is 12.4 Å². The van der Waals surface area contributed by atoms with Crippen molar-refractivity contribution in [2.75, 3.05) is 26.4 Å². The molecule has 1 N–H and O–H groups in total. The third-order valence-corrected chi connectivity index (χ3v) is 3.26. The summed E-state index contributed by atoms with van der Waals surface area (Å²) in [5.74, 6) is 1.28. The quantitative estimate of drug-likeness (QED) is 0.670. The second-order valence-corrected chi connectivity index (χ2v) is 7.38. The summed E-state index contributed by atoms with van der Waals surface area (Å²) < 4.78 is 23.1. The summed E-state index contributed by atoms with van der Waals surface area (Å²) in [5, 5.41) is 10.1. The van der Waals surface area contributed by atoms with Gasteiger partial charge in [0.15, 0.2) is 6.29 Å². The van der Waals surface area contributed by atoms with Crippen LogP contribution in [0.4, 0.5) is 0 Å². The minimum atomic E-state index is -0.955. The summed E-state index contributed by atoms with van der Waals surface area (Å²) in [5.41, 5.74) is 0. The van der Waals surface area contributed by atoms with Crippen LogP contribution in [0.1, 0.15) is 41.5 Å². The van der Waals surface area contributed by atoms with Crippen molar-refractivity contribution in [3.63, 3.8) is 0 Å². The minimum absolute atomic E-state index is 0.287. The van der Waals surface area contributed by atoms with Gasteiger partial charge in [-0.25, -0.2) is 0 Å². The van der Waals surface area contributed by atoms with Gasteiger partial charge >= 0.3 is 0 Å². The molecule has 1 heterocycles. The van der Waals surface area contributed by atoms with Gasteiger partial charge in [0.1, 0.15) is 18.3 Å². The molecular formula is C17H34O5. The number of rotatable bonds is 10. The third kappa shape index (κ3) is 6.92. The molecule has 1 saturated heterocycles. The minimum Gasteiger partial charge on any atom is -0.378 e. The molecule has 1 aliphatic rings. The molecule has 1 fully saturated rings. The summed E-state index contributed by atoms with van der Waals surface area (Å²) in [4.78, 5) is 0. The Morgan fingerprint density at radius 3 is 1.82 bits per heavy atom. The van der Waals surface area contributed by atoms with Crippen molar-refractivity contribution >= 4 is 0 Å². The number of aliphatic hydroxyl groups is 1. The Morgan fingerprint density at radius 1 is 0.818 bits per heavy atom. The van der Waals surface area contributed by atoms with Crippen LogP contribution in [0.3, 0.4) is 0 Å². The van der Waals surface area contributed by atoms with Crippen LogP contribution in [0.5, 0.6) is 0 Å². The van der Waals surface area contributed by atoms with Gasteiger partial charge in [-0.05, 0) is 17.8 Å². The maximum absolute atomic E-state index is 10.1. The second kappa shape index (κ2) is 9.83. The van der Waals surface area contributed by atoms with E-state index in [1.54, 1.807) is 0 Å². The van der Waals surface area contributed by atoms with E-state index in [-0.39, 0.29) is 12.2 Å². The Hall–Kier alpha value is -0.200. The van der Waals surface area contributed by atoms with E-state index in [0.717, 1.165) is 0 Å². The molecule has 4 atom stereocenters. The van der Waals surface area contributed by atoms with Crippen molar-refractivity contribution in [3.05, 3.63) is 0 Å². The van der Waals surface area contributed by atoms with Crippen molar-refractivity contribution in [2.45, 2.75) is 66.1 Å². The molecule has 1 rings (SSSR count). The summed E-state index contributed by atoms with van der Waals surface area (Å²) in [6.45, 7) is 14.8. The lowest BCUT2D eigenvalue weighted by Gasteiger charge is -2.25. The monoisotopic (exact) mass is 318 g/mol. The van der Waals surface area contributed by atoms with Crippen LogP contribution in [-0.2, 0) is 18.9 Å². The molecule has 0 radical (unpaired) electrons. The highest BCUT2D eigenvalue weighted by Crippen LogP contribution is 2.27. The molecule has 22 heavy (non-hydrogen) atoms. The lowest BCUT2D eigenvalue weighted by Crippen LogP contribution is -2.40. The maximum Gasteiger partial charge on any atom is 0.184 e. The van der Waals surface area contributed by atoms with Crippen LogP contribution >= 0.6 is 0 Å². The van der Waals surface area contributed by atoms with Crippen molar-refractivity contribution in [1.29, 1.82) is 0 Å². The normalized spacial score (nSPS) is 29.2. The van der Waals surface area contributed by atoms with Crippen molar-refractivity contribution in [1.82, 2.24) is 0 Å². The first kappa shape index (κ1) is 19.8. The van der Waals surface area contributed by atoms with E-state index >= 15 is 0 Å². The maximum atomic E-state index is 10.1. The van der Waals surface area contributed by atoms with Gasteiger partial charge < -0.3 is 24.1 Å². The molecule has 5 nitrogen and oxygen atoms in total. The predicted molar refractivity (Wildman–Crippen MR) is 85.7 cm³/mol. The predicted octanol–water partition coefficient (Wildman–Crippen LogP) is 2.46. The standard InChI is InChI=1S/C17H34O5/c1-11(2)7-19-10-14-15(20-8-12(3)4)16(17(18)22-14)21-9-13(5)6/h11-18H,7-10H2,1-6H3/t14-,15-,16-,17?/m1/s1. The fourth-order valence-electron chi connectivity index (χ4n) is 2.25. The number of ether oxygens (including phenoxy) is 4. The van der Waals surface area contributed by atoms with E-state index in [9.17, 15) is 5.11 Å².